The zero-order valence-electron chi connectivity index (χ0n) is 17.2. The van der Waals surface area contributed by atoms with Crippen molar-refractivity contribution in [2.24, 2.45) is 0 Å². The van der Waals surface area contributed by atoms with Crippen molar-refractivity contribution in [3.8, 4) is 11.1 Å². The first-order valence-electron chi connectivity index (χ1n) is 10.4. The molecule has 0 aliphatic rings. The topological polar surface area (TPSA) is 0 Å². The van der Waals surface area contributed by atoms with E-state index >= 15 is 4.39 Å². The maximum Gasteiger partial charge on any atom is 0.142 e. The van der Waals surface area contributed by atoms with Gasteiger partial charge < -0.3 is 0 Å². The number of hydrogen-bond acceptors (Lipinski definition) is 0. The highest BCUT2D eigenvalue weighted by molar-refractivity contribution is 6.30. The molecule has 0 saturated heterocycles. The SMILES string of the molecule is C=CCCc1ccc(-c2ccc3c(F)c(CCc4ccc(Cl)c(F)c4)ccc3c2)cc1. The Bertz CT molecular complexity index is 1230. The number of halogens is 3. The molecule has 0 saturated carbocycles. The van der Waals surface area contributed by atoms with Crippen LogP contribution in [0.15, 0.2) is 85.5 Å². The molecule has 0 heterocycles. The van der Waals surface area contributed by atoms with Gasteiger partial charge in [-0.05, 0) is 77.1 Å². The predicted molar refractivity (Wildman–Crippen MR) is 127 cm³/mol. The lowest BCUT2D eigenvalue weighted by Crippen LogP contribution is -1.97. The van der Waals surface area contributed by atoms with Gasteiger partial charge in [-0.15, -0.1) is 6.58 Å². The van der Waals surface area contributed by atoms with E-state index in [4.69, 9.17) is 11.6 Å². The molecule has 3 heteroatoms. The van der Waals surface area contributed by atoms with Crippen molar-refractivity contribution in [2.45, 2.75) is 25.7 Å². The molecular formula is C28H23ClF2. The van der Waals surface area contributed by atoms with Gasteiger partial charge in [-0.1, -0.05) is 72.3 Å². The highest BCUT2D eigenvalue weighted by Gasteiger charge is 2.10. The second kappa shape index (κ2) is 9.45. The normalized spacial score (nSPS) is 11.1. The lowest BCUT2D eigenvalue weighted by molar-refractivity contribution is 0.617. The van der Waals surface area contributed by atoms with Crippen LogP contribution in [0.5, 0.6) is 0 Å². The van der Waals surface area contributed by atoms with E-state index in [0.29, 0.717) is 23.8 Å². The van der Waals surface area contributed by atoms with Crippen molar-refractivity contribution in [3.05, 3.63) is 119 Å². The molecule has 0 bridgehead atoms. The second-order valence-electron chi connectivity index (χ2n) is 7.75. The Morgan fingerprint density at radius 3 is 2.23 bits per heavy atom. The molecule has 4 aromatic carbocycles. The Labute approximate surface area is 186 Å². The predicted octanol–water partition coefficient (Wildman–Crippen LogP) is 8.34. The van der Waals surface area contributed by atoms with Gasteiger partial charge in [0, 0.05) is 5.39 Å². The van der Waals surface area contributed by atoms with Crippen LogP contribution in [-0.2, 0) is 19.3 Å². The van der Waals surface area contributed by atoms with Crippen LogP contribution in [0.3, 0.4) is 0 Å². The molecule has 0 atom stereocenters. The van der Waals surface area contributed by atoms with Gasteiger partial charge in [0.2, 0.25) is 0 Å². The average Bonchev–Trinajstić information content (AvgIpc) is 2.79. The minimum atomic E-state index is -0.445. The van der Waals surface area contributed by atoms with Crippen LogP contribution in [-0.4, -0.2) is 0 Å². The molecular weight excluding hydrogens is 410 g/mol. The summed E-state index contributed by atoms with van der Waals surface area (Å²) < 4.78 is 28.8. The minimum Gasteiger partial charge on any atom is -0.206 e. The summed E-state index contributed by atoms with van der Waals surface area (Å²) in [4.78, 5) is 0. The fraction of sp³-hybridized carbons (Fsp3) is 0.143. The van der Waals surface area contributed by atoms with Gasteiger partial charge in [0.1, 0.15) is 11.6 Å². The van der Waals surface area contributed by atoms with E-state index in [9.17, 15) is 4.39 Å². The first kappa shape index (κ1) is 21.3. The van der Waals surface area contributed by atoms with E-state index in [1.165, 1.54) is 17.7 Å². The molecule has 0 radical (unpaired) electrons. The molecule has 0 spiro atoms. The van der Waals surface area contributed by atoms with Crippen LogP contribution in [0.25, 0.3) is 21.9 Å². The Balaban J connectivity index is 1.54. The van der Waals surface area contributed by atoms with Gasteiger partial charge in [-0.3, -0.25) is 0 Å². The number of rotatable bonds is 7. The molecule has 0 N–H and O–H groups in total. The van der Waals surface area contributed by atoms with Crippen LogP contribution < -0.4 is 0 Å². The summed E-state index contributed by atoms with van der Waals surface area (Å²) in [6.07, 6.45) is 4.92. The first-order valence-corrected chi connectivity index (χ1v) is 10.8. The van der Waals surface area contributed by atoms with Gasteiger partial charge in [-0.2, -0.15) is 0 Å². The third kappa shape index (κ3) is 4.86. The van der Waals surface area contributed by atoms with Gasteiger partial charge >= 0.3 is 0 Å². The quantitative estimate of drug-likeness (QED) is 0.257. The summed E-state index contributed by atoms with van der Waals surface area (Å²) in [7, 11) is 0. The second-order valence-corrected chi connectivity index (χ2v) is 8.15. The molecule has 0 nitrogen and oxygen atoms in total. The largest absolute Gasteiger partial charge is 0.206 e. The highest BCUT2D eigenvalue weighted by atomic mass is 35.5. The van der Waals surface area contributed by atoms with Crippen LogP contribution in [0.2, 0.25) is 5.02 Å². The maximum atomic E-state index is 15.1. The molecule has 0 amide bonds. The number of hydrogen-bond donors (Lipinski definition) is 0. The first-order chi connectivity index (χ1) is 15.0. The van der Waals surface area contributed by atoms with Crippen molar-refractivity contribution in [3.63, 3.8) is 0 Å². The molecule has 0 unspecified atom stereocenters. The third-order valence-corrected chi connectivity index (χ3v) is 5.93. The number of allylic oxidation sites excluding steroid dienone is 1. The van der Waals surface area contributed by atoms with Crippen LogP contribution in [0, 0.1) is 11.6 Å². The average molecular weight is 433 g/mol. The van der Waals surface area contributed by atoms with E-state index in [-0.39, 0.29) is 10.8 Å². The third-order valence-electron chi connectivity index (χ3n) is 5.63. The molecule has 0 aliphatic carbocycles. The Kier molecular flexibility index (Phi) is 6.48. The Hall–Kier alpha value is -2.97. The minimum absolute atomic E-state index is 0.0999. The number of fused-ring (bicyclic) bond motifs is 1. The summed E-state index contributed by atoms with van der Waals surface area (Å²) in [6, 6.07) is 22.8. The molecule has 0 aliphatic heterocycles. The molecule has 4 rings (SSSR count). The zero-order chi connectivity index (χ0) is 21.8. The zero-order valence-corrected chi connectivity index (χ0v) is 17.9. The van der Waals surface area contributed by atoms with Gasteiger partial charge in [0.05, 0.1) is 5.02 Å². The van der Waals surface area contributed by atoms with Crippen molar-refractivity contribution >= 4 is 22.4 Å². The highest BCUT2D eigenvalue weighted by Crippen LogP contribution is 2.28. The van der Waals surface area contributed by atoms with E-state index in [2.05, 4.69) is 30.8 Å². The number of benzene rings is 4. The summed E-state index contributed by atoms with van der Waals surface area (Å²) in [6.45, 7) is 3.77. The van der Waals surface area contributed by atoms with Gasteiger partial charge in [-0.25, -0.2) is 8.78 Å². The standard InChI is InChI=1S/C28H23ClF2/c1-2-3-4-19-5-9-21(10-6-19)23-14-15-25-24(18-23)13-12-22(28(25)31)11-7-20-8-16-26(29)27(30)17-20/h2,5-6,8-10,12-18H,1,3-4,7,11H2. The van der Waals surface area contributed by atoms with Crippen molar-refractivity contribution in [1.29, 1.82) is 0 Å². The van der Waals surface area contributed by atoms with Gasteiger partial charge in [0.25, 0.3) is 0 Å². The molecule has 0 aromatic heterocycles. The van der Waals surface area contributed by atoms with E-state index < -0.39 is 5.82 Å². The number of aryl methyl sites for hydroxylation is 3. The fourth-order valence-corrected chi connectivity index (χ4v) is 3.93. The molecule has 4 aromatic rings. The maximum absolute atomic E-state index is 15.1. The summed E-state index contributed by atoms with van der Waals surface area (Å²) in [5.41, 5.74) is 4.88. The smallest absolute Gasteiger partial charge is 0.142 e. The molecule has 156 valence electrons. The van der Waals surface area contributed by atoms with Crippen molar-refractivity contribution in [2.75, 3.05) is 0 Å². The van der Waals surface area contributed by atoms with E-state index in [1.807, 2.05) is 36.4 Å². The van der Waals surface area contributed by atoms with E-state index in [1.54, 1.807) is 6.07 Å². The molecule has 0 fully saturated rings. The summed E-state index contributed by atoms with van der Waals surface area (Å²) in [5.74, 6) is -0.655. The van der Waals surface area contributed by atoms with Crippen LogP contribution in [0.1, 0.15) is 23.1 Å². The van der Waals surface area contributed by atoms with Crippen LogP contribution in [0.4, 0.5) is 8.78 Å². The van der Waals surface area contributed by atoms with Crippen LogP contribution >= 0.6 is 11.6 Å². The van der Waals surface area contributed by atoms with Crippen molar-refractivity contribution in [1.82, 2.24) is 0 Å². The van der Waals surface area contributed by atoms with E-state index in [0.717, 1.165) is 34.9 Å². The molecule has 31 heavy (non-hydrogen) atoms. The summed E-state index contributed by atoms with van der Waals surface area (Å²) in [5, 5.41) is 1.57. The lowest BCUT2D eigenvalue weighted by Gasteiger charge is -2.10. The monoisotopic (exact) mass is 432 g/mol. The fourth-order valence-electron chi connectivity index (χ4n) is 3.82. The van der Waals surface area contributed by atoms with Gasteiger partial charge in [0.15, 0.2) is 0 Å². The lowest BCUT2D eigenvalue weighted by atomic mass is 9.96. The van der Waals surface area contributed by atoms with Crippen molar-refractivity contribution < 1.29 is 8.78 Å². The Morgan fingerprint density at radius 1 is 0.742 bits per heavy atom. The summed E-state index contributed by atoms with van der Waals surface area (Å²) >= 11 is 5.73. The Morgan fingerprint density at radius 2 is 1.48 bits per heavy atom.